The second kappa shape index (κ2) is 7.01. The van der Waals surface area contributed by atoms with E-state index in [2.05, 4.69) is 25.3 Å². The standard InChI is InChI=1S/C19H19ClFN5O2/c1-19(18(27)28)5-3-2-4-14(19)25-17-13(21)9-24-16(26-17)12-8-23-15-11(12)6-10(20)7-22-15/h6-9,14H,2-5H2,1H3,(H,22,23)(H,27,28)(H,24,25,26)/t14-,19?/m0/s1. The maximum absolute atomic E-state index is 14.4. The molecule has 28 heavy (non-hydrogen) atoms. The van der Waals surface area contributed by atoms with Gasteiger partial charge in [0.25, 0.3) is 0 Å². The molecule has 0 radical (unpaired) electrons. The van der Waals surface area contributed by atoms with Crippen molar-refractivity contribution in [2.45, 2.75) is 38.6 Å². The molecule has 1 aliphatic carbocycles. The summed E-state index contributed by atoms with van der Waals surface area (Å²) in [6.07, 6.45) is 7.18. The molecule has 146 valence electrons. The van der Waals surface area contributed by atoms with Gasteiger partial charge in [0.1, 0.15) is 5.65 Å². The van der Waals surface area contributed by atoms with Crippen LogP contribution in [0.4, 0.5) is 10.2 Å². The molecular weight excluding hydrogens is 385 g/mol. The summed E-state index contributed by atoms with van der Waals surface area (Å²) in [6, 6.07) is 1.31. The summed E-state index contributed by atoms with van der Waals surface area (Å²) in [5, 5.41) is 13.9. The van der Waals surface area contributed by atoms with Crippen LogP contribution in [0.15, 0.2) is 24.7 Å². The van der Waals surface area contributed by atoms with Gasteiger partial charge in [-0.1, -0.05) is 24.4 Å². The molecule has 3 heterocycles. The first-order valence-electron chi connectivity index (χ1n) is 9.04. The highest BCUT2D eigenvalue weighted by Crippen LogP contribution is 2.38. The number of H-pyrrole nitrogens is 1. The van der Waals surface area contributed by atoms with Gasteiger partial charge >= 0.3 is 5.97 Å². The number of carboxylic acids is 1. The Labute approximate surface area is 165 Å². The smallest absolute Gasteiger partial charge is 0.311 e. The molecule has 3 aromatic rings. The van der Waals surface area contributed by atoms with Gasteiger partial charge in [0.15, 0.2) is 17.5 Å². The number of halogens is 2. The average molecular weight is 404 g/mol. The van der Waals surface area contributed by atoms with Crippen molar-refractivity contribution in [3.05, 3.63) is 35.5 Å². The Hall–Kier alpha value is -2.74. The Morgan fingerprint density at radius 2 is 2.21 bits per heavy atom. The summed E-state index contributed by atoms with van der Waals surface area (Å²) < 4.78 is 14.4. The molecule has 0 aromatic carbocycles. The van der Waals surface area contributed by atoms with Crippen LogP contribution in [-0.4, -0.2) is 37.1 Å². The van der Waals surface area contributed by atoms with Gasteiger partial charge in [-0.15, -0.1) is 0 Å². The quantitative estimate of drug-likeness (QED) is 0.601. The number of carboxylic acid groups (broad SMARTS) is 1. The van der Waals surface area contributed by atoms with Gasteiger partial charge < -0.3 is 15.4 Å². The molecule has 9 heteroatoms. The number of hydrogen-bond acceptors (Lipinski definition) is 5. The highest BCUT2D eigenvalue weighted by molar-refractivity contribution is 6.31. The van der Waals surface area contributed by atoms with Gasteiger partial charge in [-0.2, -0.15) is 0 Å². The average Bonchev–Trinajstić information content (AvgIpc) is 3.08. The van der Waals surface area contributed by atoms with Crippen LogP contribution in [0.5, 0.6) is 0 Å². The molecule has 0 amide bonds. The van der Waals surface area contributed by atoms with E-state index in [0.717, 1.165) is 24.4 Å². The van der Waals surface area contributed by atoms with Crippen molar-refractivity contribution >= 4 is 34.4 Å². The van der Waals surface area contributed by atoms with E-state index in [4.69, 9.17) is 11.6 Å². The lowest BCUT2D eigenvalue weighted by Gasteiger charge is -2.38. The van der Waals surface area contributed by atoms with Crippen molar-refractivity contribution in [2.24, 2.45) is 5.41 Å². The second-order valence-corrected chi connectivity index (χ2v) is 7.74. The van der Waals surface area contributed by atoms with Crippen molar-refractivity contribution in [2.75, 3.05) is 5.32 Å². The first-order valence-corrected chi connectivity index (χ1v) is 9.42. The third kappa shape index (κ3) is 3.17. The lowest BCUT2D eigenvalue weighted by molar-refractivity contribution is -0.150. The summed E-state index contributed by atoms with van der Waals surface area (Å²) in [4.78, 5) is 27.4. The van der Waals surface area contributed by atoms with Crippen LogP contribution in [0.3, 0.4) is 0 Å². The van der Waals surface area contributed by atoms with Crippen LogP contribution in [0.25, 0.3) is 22.4 Å². The molecule has 3 N–H and O–H groups in total. The highest BCUT2D eigenvalue weighted by Gasteiger charge is 2.43. The lowest BCUT2D eigenvalue weighted by Crippen LogP contribution is -2.47. The van der Waals surface area contributed by atoms with E-state index >= 15 is 0 Å². The fraction of sp³-hybridized carbons (Fsp3) is 0.368. The van der Waals surface area contributed by atoms with E-state index < -0.39 is 23.2 Å². The summed E-state index contributed by atoms with van der Waals surface area (Å²) in [6.45, 7) is 1.69. The van der Waals surface area contributed by atoms with Crippen LogP contribution in [0, 0.1) is 11.2 Å². The van der Waals surface area contributed by atoms with Gasteiger partial charge in [0.2, 0.25) is 0 Å². The minimum Gasteiger partial charge on any atom is -0.481 e. The van der Waals surface area contributed by atoms with Crippen molar-refractivity contribution in [1.82, 2.24) is 19.9 Å². The molecule has 1 aliphatic rings. The third-order valence-electron chi connectivity index (χ3n) is 5.49. The zero-order valence-electron chi connectivity index (χ0n) is 15.2. The molecule has 0 spiro atoms. The van der Waals surface area contributed by atoms with Crippen LogP contribution in [0.2, 0.25) is 5.02 Å². The predicted molar refractivity (Wildman–Crippen MR) is 104 cm³/mol. The molecule has 0 saturated heterocycles. The Morgan fingerprint density at radius 1 is 1.39 bits per heavy atom. The summed E-state index contributed by atoms with van der Waals surface area (Å²) in [7, 11) is 0. The summed E-state index contributed by atoms with van der Waals surface area (Å²) >= 11 is 6.04. The molecule has 0 aliphatic heterocycles. The van der Waals surface area contributed by atoms with E-state index in [-0.39, 0.29) is 5.82 Å². The molecule has 1 saturated carbocycles. The Balaban J connectivity index is 1.71. The number of aromatic amines is 1. The van der Waals surface area contributed by atoms with E-state index in [1.54, 1.807) is 19.2 Å². The lowest BCUT2D eigenvalue weighted by atomic mass is 9.71. The van der Waals surface area contributed by atoms with E-state index in [0.29, 0.717) is 34.9 Å². The summed E-state index contributed by atoms with van der Waals surface area (Å²) in [5.41, 5.74) is 0.277. The van der Waals surface area contributed by atoms with E-state index in [1.807, 2.05) is 0 Å². The zero-order chi connectivity index (χ0) is 19.9. The number of carbonyl (C=O) groups is 1. The van der Waals surface area contributed by atoms with Crippen molar-refractivity contribution in [1.29, 1.82) is 0 Å². The highest BCUT2D eigenvalue weighted by atomic mass is 35.5. The van der Waals surface area contributed by atoms with Crippen LogP contribution < -0.4 is 5.32 Å². The van der Waals surface area contributed by atoms with Gasteiger partial charge in [-0.3, -0.25) is 4.79 Å². The predicted octanol–water partition coefficient (Wildman–Crippen LogP) is 4.26. The molecule has 3 aromatic heterocycles. The van der Waals surface area contributed by atoms with Crippen LogP contribution >= 0.6 is 11.6 Å². The molecule has 7 nitrogen and oxygen atoms in total. The van der Waals surface area contributed by atoms with Crippen LogP contribution in [0.1, 0.15) is 32.6 Å². The van der Waals surface area contributed by atoms with Gasteiger partial charge in [0.05, 0.1) is 16.6 Å². The Kier molecular flexibility index (Phi) is 4.66. The first kappa shape index (κ1) is 18.6. The third-order valence-corrected chi connectivity index (χ3v) is 5.70. The fourth-order valence-electron chi connectivity index (χ4n) is 3.75. The minimum absolute atomic E-state index is 0.00582. The minimum atomic E-state index is -0.978. The van der Waals surface area contributed by atoms with Crippen LogP contribution in [-0.2, 0) is 4.79 Å². The number of aliphatic carboxylic acids is 1. The summed E-state index contributed by atoms with van der Waals surface area (Å²) in [5.74, 6) is -1.23. The largest absolute Gasteiger partial charge is 0.481 e. The van der Waals surface area contributed by atoms with Crippen molar-refractivity contribution in [3.63, 3.8) is 0 Å². The number of nitrogens with one attached hydrogen (secondary N) is 2. The molecule has 0 bridgehead atoms. The fourth-order valence-corrected chi connectivity index (χ4v) is 3.90. The Bertz CT molecular complexity index is 1060. The molecular formula is C19H19ClFN5O2. The molecule has 1 unspecified atom stereocenters. The normalized spacial score (nSPS) is 22.3. The number of pyridine rings is 1. The number of hydrogen-bond donors (Lipinski definition) is 3. The SMILES string of the molecule is CC1(C(=O)O)CCCC[C@@H]1Nc1nc(-c2c[nH]c3ncc(Cl)cc23)ncc1F. The Morgan fingerprint density at radius 3 is 3.00 bits per heavy atom. The first-order chi connectivity index (χ1) is 13.4. The van der Waals surface area contributed by atoms with E-state index in [1.165, 1.54) is 6.20 Å². The molecule has 1 fully saturated rings. The van der Waals surface area contributed by atoms with Crippen molar-refractivity contribution < 1.29 is 14.3 Å². The molecule has 4 rings (SSSR count). The number of aromatic nitrogens is 4. The zero-order valence-corrected chi connectivity index (χ0v) is 15.9. The monoisotopic (exact) mass is 403 g/mol. The van der Waals surface area contributed by atoms with E-state index in [9.17, 15) is 14.3 Å². The number of rotatable bonds is 4. The van der Waals surface area contributed by atoms with Crippen molar-refractivity contribution in [3.8, 4) is 11.4 Å². The topological polar surface area (TPSA) is 104 Å². The maximum atomic E-state index is 14.4. The maximum Gasteiger partial charge on any atom is 0.311 e. The second-order valence-electron chi connectivity index (χ2n) is 7.31. The van der Waals surface area contributed by atoms with Gasteiger partial charge in [0, 0.05) is 29.4 Å². The van der Waals surface area contributed by atoms with Gasteiger partial charge in [-0.05, 0) is 25.8 Å². The number of fused-ring (bicyclic) bond motifs is 1. The van der Waals surface area contributed by atoms with Gasteiger partial charge in [-0.25, -0.2) is 19.3 Å². The number of anilines is 1. The number of nitrogens with zero attached hydrogens (tertiary/aromatic N) is 3. The molecule has 2 atom stereocenters.